The number of likely N-dealkylation sites (tertiary alicyclic amines) is 1. The summed E-state index contributed by atoms with van der Waals surface area (Å²) in [7, 11) is 0.107. The third-order valence-electron chi connectivity index (χ3n) is 4.60. The largest absolute Gasteiger partial charge is 0.550 e. The van der Waals surface area contributed by atoms with Crippen molar-refractivity contribution in [3.05, 3.63) is 29.8 Å². The van der Waals surface area contributed by atoms with E-state index in [1.807, 2.05) is 26.2 Å². The number of carbonyl (C=O) groups excluding carboxylic acids is 1. The van der Waals surface area contributed by atoms with Crippen LogP contribution in [0, 0.1) is 0 Å². The fraction of sp³-hybridized carbons (Fsp3) is 0.611. The van der Waals surface area contributed by atoms with Crippen LogP contribution >= 0.6 is 0 Å². The molecule has 0 aliphatic carbocycles. The third kappa shape index (κ3) is 5.26. The highest BCUT2D eigenvalue weighted by atomic mass is 32.2. The summed E-state index contributed by atoms with van der Waals surface area (Å²) in [6.45, 7) is 2.99. The van der Waals surface area contributed by atoms with Crippen LogP contribution in [0.3, 0.4) is 0 Å². The number of sulfonamides is 1. The van der Waals surface area contributed by atoms with Crippen LogP contribution in [0.2, 0.25) is 0 Å². The number of hydrogen-bond acceptors (Lipinski definition) is 4. The summed E-state index contributed by atoms with van der Waals surface area (Å²) in [5.74, 6) is -1.24. The summed E-state index contributed by atoms with van der Waals surface area (Å²) in [5, 5.41) is 11.1. The van der Waals surface area contributed by atoms with Gasteiger partial charge in [-0.25, -0.2) is 8.42 Å². The van der Waals surface area contributed by atoms with Crippen molar-refractivity contribution < 1.29 is 22.8 Å². The third-order valence-corrected chi connectivity index (χ3v) is 6.19. The molecule has 7 heteroatoms. The van der Waals surface area contributed by atoms with E-state index in [1.54, 1.807) is 12.1 Å². The van der Waals surface area contributed by atoms with Crippen LogP contribution < -0.4 is 9.83 Å². The molecule has 1 aliphatic heterocycles. The van der Waals surface area contributed by atoms with Gasteiger partial charge in [0.2, 0.25) is 10.0 Å². The summed E-state index contributed by atoms with van der Waals surface area (Å²) < 4.78 is 28.5. The zero-order valence-electron chi connectivity index (χ0n) is 15.2. The molecular formula is C18H28N2O4S. The molecule has 6 nitrogen and oxygen atoms in total. The van der Waals surface area contributed by atoms with E-state index in [2.05, 4.69) is 11.6 Å². The Balaban J connectivity index is 2.10. The number of nitrogens with zero attached hydrogens (tertiary/aromatic N) is 1. The summed E-state index contributed by atoms with van der Waals surface area (Å²) >= 11 is 0. The van der Waals surface area contributed by atoms with E-state index in [4.69, 9.17) is 0 Å². The highest BCUT2D eigenvalue weighted by Gasteiger charge is 2.53. The van der Waals surface area contributed by atoms with Crippen LogP contribution in [0.1, 0.15) is 38.2 Å². The molecule has 1 aromatic rings. The molecule has 0 saturated carbocycles. The molecule has 1 heterocycles. The smallest absolute Gasteiger partial charge is 0.241 e. The first-order chi connectivity index (χ1) is 11.6. The molecule has 1 fully saturated rings. The maximum Gasteiger partial charge on any atom is 0.241 e. The van der Waals surface area contributed by atoms with E-state index >= 15 is 0 Å². The first-order valence-corrected chi connectivity index (χ1v) is 10.2. The molecule has 25 heavy (non-hydrogen) atoms. The molecule has 1 N–H and O–H groups in total. The van der Waals surface area contributed by atoms with Crippen molar-refractivity contribution in [1.29, 1.82) is 0 Å². The van der Waals surface area contributed by atoms with Crippen LogP contribution in [0.25, 0.3) is 0 Å². The Morgan fingerprint density at radius 1 is 1.20 bits per heavy atom. The molecule has 0 amide bonds. The number of rotatable bonds is 9. The molecule has 1 aliphatic rings. The van der Waals surface area contributed by atoms with Gasteiger partial charge in [0.1, 0.15) is 18.6 Å². The van der Waals surface area contributed by atoms with Crippen LogP contribution in [-0.4, -0.2) is 51.6 Å². The number of benzene rings is 1. The quantitative estimate of drug-likeness (QED) is 0.513. The number of aliphatic carboxylic acids is 1. The molecule has 0 radical (unpaired) electrons. The Morgan fingerprint density at radius 3 is 2.28 bits per heavy atom. The molecular weight excluding hydrogens is 340 g/mol. The number of carboxylic acids is 1. The van der Waals surface area contributed by atoms with Crippen molar-refractivity contribution in [2.24, 2.45) is 0 Å². The molecule has 1 saturated heterocycles. The van der Waals surface area contributed by atoms with Crippen LogP contribution in [0.4, 0.5) is 0 Å². The van der Waals surface area contributed by atoms with Crippen LogP contribution in [-0.2, 0) is 21.2 Å². The second-order valence-corrected chi connectivity index (χ2v) is 9.47. The van der Waals surface area contributed by atoms with Gasteiger partial charge in [0, 0.05) is 12.4 Å². The molecule has 0 bridgehead atoms. The van der Waals surface area contributed by atoms with Gasteiger partial charge in [-0.2, -0.15) is 4.72 Å². The summed E-state index contributed by atoms with van der Waals surface area (Å²) in [6.07, 6.45) is 4.00. The van der Waals surface area contributed by atoms with E-state index in [0.717, 1.165) is 31.2 Å². The second-order valence-electron chi connectivity index (χ2n) is 7.79. The fourth-order valence-electron chi connectivity index (χ4n) is 3.84. The van der Waals surface area contributed by atoms with E-state index in [9.17, 15) is 18.3 Å². The molecule has 0 unspecified atom stereocenters. The molecule has 0 aromatic heterocycles. The van der Waals surface area contributed by atoms with Gasteiger partial charge in [0.05, 0.1) is 19.0 Å². The SMILES string of the molecule is CCCCCc1ccc(S(=O)(=O)NC2(CC(=O)[O-])C[N+](C)(C)C2)cc1. The van der Waals surface area contributed by atoms with Gasteiger partial charge >= 0.3 is 0 Å². The maximum atomic E-state index is 12.7. The van der Waals surface area contributed by atoms with Crippen molar-refractivity contribution in [2.45, 2.75) is 49.5 Å². The lowest BCUT2D eigenvalue weighted by molar-refractivity contribution is -0.940. The Kier molecular flexibility index (Phi) is 5.91. The Morgan fingerprint density at radius 2 is 1.80 bits per heavy atom. The summed E-state index contributed by atoms with van der Waals surface area (Å²) in [5.41, 5.74) is 0.138. The standard InChI is InChI=1S/C18H28N2O4S/c1-4-5-6-7-15-8-10-16(11-9-15)25(23,24)19-18(12-17(21)22)13-20(2,3)14-18/h8-11,19H,4-7,12-14H2,1-3H3. The average Bonchev–Trinajstić information content (AvgIpc) is 2.44. The second kappa shape index (κ2) is 7.43. The average molecular weight is 368 g/mol. The fourth-order valence-corrected chi connectivity index (χ4v) is 5.22. The number of nitrogens with one attached hydrogen (secondary N) is 1. The first kappa shape index (κ1) is 19.9. The maximum absolute atomic E-state index is 12.7. The first-order valence-electron chi connectivity index (χ1n) is 8.72. The number of unbranched alkanes of at least 4 members (excludes halogenated alkanes) is 2. The van der Waals surface area contributed by atoms with Crippen molar-refractivity contribution >= 4 is 16.0 Å². The molecule has 140 valence electrons. The lowest BCUT2D eigenvalue weighted by Gasteiger charge is -2.53. The van der Waals surface area contributed by atoms with E-state index in [-0.39, 0.29) is 11.3 Å². The molecule has 0 spiro atoms. The lowest BCUT2D eigenvalue weighted by Crippen LogP contribution is -2.77. The topological polar surface area (TPSA) is 86.3 Å². The van der Waals surface area contributed by atoms with Gasteiger partial charge in [-0.15, -0.1) is 0 Å². The van der Waals surface area contributed by atoms with Crippen LogP contribution in [0.15, 0.2) is 29.2 Å². The number of likely N-dealkylation sites (N-methyl/N-ethyl adjacent to an activating group) is 1. The van der Waals surface area contributed by atoms with E-state index in [0.29, 0.717) is 17.6 Å². The zero-order valence-corrected chi connectivity index (χ0v) is 16.1. The van der Waals surface area contributed by atoms with Crippen molar-refractivity contribution in [1.82, 2.24) is 4.72 Å². The number of carboxylic acid groups (broad SMARTS) is 1. The number of quaternary nitrogens is 1. The van der Waals surface area contributed by atoms with Crippen LogP contribution in [0.5, 0.6) is 0 Å². The van der Waals surface area contributed by atoms with Crippen molar-refractivity contribution in [2.75, 3.05) is 27.2 Å². The van der Waals surface area contributed by atoms with Gasteiger partial charge in [0.15, 0.2) is 0 Å². The van der Waals surface area contributed by atoms with Gasteiger partial charge in [-0.1, -0.05) is 31.9 Å². The minimum Gasteiger partial charge on any atom is -0.550 e. The number of aryl methyl sites for hydroxylation is 1. The minimum absolute atomic E-state index is 0.168. The Labute approximate surface area is 150 Å². The number of hydrogen-bond donors (Lipinski definition) is 1. The van der Waals surface area contributed by atoms with Crippen molar-refractivity contribution in [3.8, 4) is 0 Å². The van der Waals surface area contributed by atoms with Gasteiger partial charge in [-0.3, -0.25) is 0 Å². The highest BCUT2D eigenvalue weighted by Crippen LogP contribution is 2.30. The molecule has 2 rings (SSSR count). The Hall–Kier alpha value is -1.44. The van der Waals surface area contributed by atoms with Gasteiger partial charge < -0.3 is 14.4 Å². The predicted octanol–water partition coefficient (Wildman–Crippen LogP) is 0.666. The number of carbonyl (C=O) groups is 1. The van der Waals surface area contributed by atoms with E-state index < -0.39 is 21.5 Å². The molecule has 0 atom stereocenters. The highest BCUT2D eigenvalue weighted by molar-refractivity contribution is 7.89. The lowest BCUT2D eigenvalue weighted by atomic mass is 9.86. The Bertz CT molecular complexity index is 703. The van der Waals surface area contributed by atoms with Crippen molar-refractivity contribution in [3.63, 3.8) is 0 Å². The monoisotopic (exact) mass is 368 g/mol. The van der Waals surface area contributed by atoms with Gasteiger partial charge in [0.25, 0.3) is 0 Å². The minimum atomic E-state index is -3.77. The summed E-state index contributed by atoms with van der Waals surface area (Å²) in [6, 6.07) is 6.84. The predicted molar refractivity (Wildman–Crippen MR) is 94.2 cm³/mol. The normalized spacial score (nSPS) is 18.5. The van der Waals surface area contributed by atoms with Gasteiger partial charge in [-0.05, 0) is 30.5 Å². The zero-order chi connectivity index (χ0) is 18.7. The molecule has 1 aromatic carbocycles. The van der Waals surface area contributed by atoms with E-state index in [1.165, 1.54) is 0 Å². The summed E-state index contributed by atoms with van der Waals surface area (Å²) in [4.78, 5) is 11.2.